The van der Waals surface area contributed by atoms with Gasteiger partial charge in [0.1, 0.15) is 6.04 Å². The molecule has 38 heavy (non-hydrogen) atoms. The molecule has 0 aromatic heterocycles. The molecular weight excluding hydrogens is 519 g/mol. The van der Waals surface area contributed by atoms with Crippen molar-refractivity contribution in [3.05, 3.63) is 101 Å². The molecule has 192 valence electrons. The molecule has 3 amide bonds. The van der Waals surface area contributed by atoms with Crippen LogP contribution in [-0.2, 0) is 20.6 Å². The van der Waals surface area contributed by atoms with E-state index in [9.17, 15) is 27.6 Å². The van der Waals surface area contributed by atoms with Crippen LogP contribution in [0.1, 0.15) is 22.7 Å². The molecule has 2 saturated heterocycles. The highest BCUT2D eigenvalue weighted by Crippen LogP contribution is 2.53. The fourth-order valence-corrected chi connectivity index (χ4v) is 5.82. The van der Waals surface area contributed by atoms with Gasteiger partial charge in [0.15, 0.2) is 0 Å². The Balaban J connectivity index is 1.41. The summed E-state index contributed by atoms with van der Waals surface area (Å²) >= 11 is 5.99. The first kappa shape index (κ1) is 24.2. The van der Waals surface area contributed by atoms with E-state index in [1.54, 1.807) is 41.4 Å². The number of hydrogen-bond donors (Lipinski definition) is 1. The number of hydrogen-bond acceptors (Lipinski definition) is 4. The average Bonchev–Trinajstić information content (AvgIpc) is 3.37. The Kier molecular flexibility index (Phi) is 5.57. The van der Waals surface area contributed by atoms with Crippen LogP contribution >= 0.6 is 11.6 Å². The number of alkyl halides is 3. The van der Waals surface area contributed by atoms with Gasteiger partial charge in [-0.05, 0) is 59.7 Å². The normalized spacial score (nSPS) is 23.8. The zero-order chi connectivity index (χ0) is 26.8. The van der Waals surface area contributed by atoms with Crippen LogP contribution in [0.4, 0.5) is 24.5 Å². The summed E-state index contributed by atoms with van der Waals surface area (Å²) in [7, 11) is 0. The molecule has 6 rings (SSSR count). The summed E-state index contributed by atoms with van der Waals surface area (Å²) < 4.78 is 39.7. The van der Waals surface area contributed by atoms with E-state index in [0.29, 0.717) is 10.7 Å². The van der Waals surface area contributed by atoms with Crippen molar-refractivity contribution < 1.29 is 27.6 Å². The molecule has 6 nitrogen and oxygen atoms in total. The molecule has 0 radical (unpaired) electrons. The van der Waals surface area contributed by atoms with E-state index < -0.39 is 53.4 Å². The summed E-state index contributed by atoms with van der Waals surface area (Å²) in [5.41, 5.74) is 1.01. The predicted octanol–water partition coefficient (Wildman–Crippen LogP) is 5.51. The Morgan fingerprint density at radius 2 is 1.61 bits per heavy atom. The van der Waals surface area contributed by atoms with Crippen LogP contribution in [-0.4, -0.2) is 28.7 Å². The van der Waals surface area contributed by atoms with Gasteiger partial charge < -0.3 is 10.2 Å². The Bertz CT molecular complexity index is 1500. The summed E-state index contributed by atoms with van der Waals surface area (Å²) in [6.45, 7) is 0. The van der Waals surface area contributed by atoms with Crippen LogP contribution in [0.3, 0.4) is 0 Å². The maximum absolute atomic E-state index is 13.8. The second kappa shape index (κ2) is 8.73. The summed E-state index contributed by atoms with van der Waals surface area (Å²) in [4.78, 5) is 44.0. The SMILES string of the molecule is O=C(Nc1cccc(C(F)(F)F)c1)[C@@H]1[C@@H]2C(=O)N(c3ccc(Cl)cc3)C(=O)[C@@H]2C2c3ccccc3C=CN21. The third kappa shape index (κ3) is 3.77. The first-order valence-electron chi connectivity index (χ1n) is 11.8. The highest BCUT2D eigenvalue weighted by molar-refractivity contribution is 6.31. The van der Waals surface area contributed by atoms with Gasteiger partial charge in [0.25, 0.3) is 0 Å². The average molecular weight is 538 g/mol. The van der Waals surface area contributed by atoms with E-state index in [-0.39, 0.29) is 5.69 Å². The van der Waals surface area contributed by atoms with Crippen LogP contribution in [0.25, 0.3) is 6.08 Å². The van der Waals surface area contributed by atoms with Crippen molar-refractivity contribution in [3.63, 3.8) is 0 Å². The minimum absolute atomic E-state index is 0.0578. The van der Waals surface area contributed by atoms with Crippen molar-refractivity contribution >= 4 is 46.8 Å². The second-order valence-corrected chi connectivity index (χ2v) is 9.83. The van der Waals surface area contributed by atoms with Crippen molar-refractivity contribution in [1.82, 2.24) is 4.90 Å². The zero-order valence-corrected chi connectivity index (χ0v) is 20.3. The maximum Gasteiger partial charge on any atom is 0.416 e. The number of amides is 3. The Morgan fingerprint density at radius 1 is 0.895 bits per heavy atom. The van der Waals surface area contributed by atoms with Crippen LogP contribution in [0, 0.1) is 11.8 Å². The smallest absolute Gasteiger partial charge is 0.357 e. The summed E-state index contributed by atoms with van der Waals surface area (Å²) in [5, 5.41) is 2.98. The van der Waals surface area contributed by atoms with Gasteiger partial charge in [0, 0.05) is 16.9 Å². The van der Waals surface area contributed by atoms with E-state index >= 15 is 0 Å². The molecule has 3 aromatic rings. The third-order valence-electron chi connectivity index (χ3n) is 7.27. The van der Waals surface area contributed by atoms with Crippen LogP contribution in [0.15, 0.2) is 79.0 Å². The minimum Gasteiger partial charge on any atom is -0.357 e. The van der Waals surface area contributed by atoms with E-state index in [2.05, 4.69) is 5.32 Å². The zero-order valence-electron chi connectivity index (χ0n) is 19.5. The van der Waals surface area contributed by atoms with Gasteiger partial charge in [0.05, 0.1) is 29.1 Å². The first-order chi connectivity index (χ1) is 18.1. The lowest BCUT2D eigenvalue weighted by atomic mass is 9.84. The number of carbonyl (C=O) groups excluding carboxylic acids is 3. The van der Waals surface area contributed by atoms with Crippen molar-refractivity contribution in [3.8, 4) is 0 Å². The number of imide groups is 1. The fourth-order valence-electron chi connectivity index (χ4n) is 5.69. The summed E-state index contributed by atoms with van der Waals surface area (Å²) in [6, 6.07) is 16.2. The number of halogens is 4. The van der Waals surface area contributed by atoms with Gasteiger partial charge in [-0.1, -0.05) is 41.9 Å². The molecule has 4 atom stereocenters. The molecule has 2 fully saturated rings. The monoisotopic (exact) mass is 537 g/mol. The Morgan fingerprint density at radius 3 is 2.34 bits per heavy atom. The summed E-state index contributed by atoms with van der Waals surface area (Å²) in [5.74, 6) is -3.60. The van der Waals surface area contributed by atoms with E-state index in [1.165, 1.54) is 12.1 Å². The molecule has 3 aliphatic rings. The van der Waals surface area contributed by atoms with Crippen LogP contribution in [0.2, 0.25) is 5.02 Å². The molecule has 0 saturated carbocycles. The van der Waals surface area contributed by atoms with Crippen molar-refractivity contribution in [2.75, 3.05) is 10.2 Å². The number of fused-ring (bicyclic) bond motifs is 5. The van der Waals surface area contributed by atoms with Gasteiger partial charge in [-0.3, -0.25) is 14.4 Å². The number of carbonyl (C=O) groups is 3. The van der Waals surface area contributed by atoms with Gasteiger partial charge >= 0.3 is 6.18 Å². The fraction of sp³-hybridized carbons (Fsp3) is 0.179. The van der Waals surface area contributed by atoms with Crippen molar-refractivity contribution in [1.29, 1.82) is 0 Å². The number of rotatable bonds is 3. The lowest BCUT2D eigenvalue weighted by molar-refractivity contribution is -0.137. The van der Waals surface area contributed by atoms with Crippen molar-refractivity contribution in [2.24, 2.45) is 11.8 Å². The molecule has 1 N–H and O–H groups in total. The quantitative estimate of drug-likeness (QED) is 0.447. The molecule has 10 heteroatoms. The number of nitrogens with one attached hydrogen (secondary N) is 1. The molecule has 3 aromatic carbocycles. The first-order valence-corrected chi connectivity index (χ1v) is 12.2. The number of nitrogens with zero attached hydrogens (tertiary/aromatic N) is 2. The number of anilines is 2. The van der Waals surface area contributed by atoms with Gasteiger partial charge in [-0.25, -0.2) is 4.90 Å². The van der Waals surface area contributed by atoms with Gasteiger partial charge in [-0.15, -0.1) is 0 Å². The largest absolute Gasteiger partial charge is 0.416 e. The van der Waals surface area contributed by atoms with E-state index in [4.69, 9.17) is 11.6 Å². The Hall–Kier alpha value is -4.11. The van der Waals surface area contributed by atoms with E-state index in [0.717, 1.165) is 28.2 Å². The predicted molar refractivity (Wildman–Crippen MR) is 135 cm³/mol. The number of benzene rings is 3. The molecule has 0 aliphatic carbocycles. The standard InChI is InChI=1S/C28H19ClF3N3O3/c29-17-8-10-19(11-9-17)35-26(37)21-22(27(35)38)24(34-13-12-15-4-1-2-7-20(15)23(21)34)25(36)33-18-6-3-5-16(14-18)28(30,31)32/h1-14,21-24H,(H,33,36)/t21-,22+,23?,24-/m0/s1. The highest BCUT2D eigenvalue weighted by atomic mass is 35.5. The topological polar surface area (TPSA) is 69.7 Å². The molecule has 0 spiro atoms. The Labute approximate surface area is 220 Å². The molecule has 0 bridgehead atoms. The molecule has 3 heterocycles. The summed E-state index contributed by atoms with van der Waals surface area (Å²) in [6.07, 6.45) is -1.12. The lowest BCUT2D eigenvalue weighted by Gasteiger charge is -2.35. The molecule has 3 aliphatic heterocycles. The van der Waals surface area contributed by atoms with Crippen LogP contribution in [0.5, 0.6) is 0 Å². The molecular formula is C28H19ClF3N3O3. The van der Waals surface area contributed by atoms with Gasteiger partial charge in [0.2, 0.25) is 17.7 Å². The second-order valence-electron chi connectivity index (χ2n) is 9.39. The molecule has 1 unspecified atom stereocenters. The highest BCUT2D eigenvalue weighted by Gasteiger charge is 2.64. The van der Waals surface area contributed by atoms with Crippen LogP contribution < -0.4 is 10.2 Å². The van der Waals surface area contributed by atoms with E-state index in [1.807, 2.05) is 24.3 Å². The minimum atomic E-state index is -4.59. The lowest BCUT2D eigenvalue weighted by Crippen LogP contribution is -2.46. The third-order valence-corrected chi connectivity index (χ3v) is 7.52. The van der Waals surface area contributed by atoms with Gasteiger partial charge in [-0.2, -0.15) is 13.2 Å². The maximum atomic E-state index is 13.8. The van der Waals surface area contributed by atoms with Crippen molar-refractivity contribution in [2.45, 2.75) is 18.3 Å².